The molecule has 0 bridgehead atoms. The predicted octanol–water partition coefficient (Wildman–Crippen LogP) is 4.10. The van der Waals surface area contributed by atoms with E-state index in [1.165, 1.54) is 17.3 Å². The second-order valence-corrected chi connectivity index (χ2v) is 7.45. The molecule has 0 radical (unpaired) electrons. The highest BCUT2D eigenvalue weighted by Crippen LogP contribution is 2.24. The van der Waals surface area contributed by atoms with Crippen LogP contribution >= 0.6 is 11.8 Å². The molecule has 0 spiro atoms. The van der Waals surface area contributed by atoms with Gasteiger partial charge in [0.15, 0.2) is 5.16 Å². The molecule has 1 atom stereocenters. The van der Waals surface area contributed by atoms with Crippen LogP contribution in [0.1, 0.15) is 52.1 Å². The fourth-order valence-corrected chi connectivity index (χ4v) is 3.03. The largest absolute Gasteiger partial charge is 0.325 e. The second-order valence-electron chi connectivity index (χ2n) is 6.14. The van der Waals surface area contributed by atoms with Crippen molar-refractivity contribution in [3.05, 3.63) is 36.2 Å². The molecule has 2 rings (SSSR count). The number of anilines is 1. The molecule has 1 N–H and O–H groups in total. The van der Waals surface area contributed by atoms with E-state index >= 15 is 0 Å². The highest BCUT2D eigenvalue weighted by Gasteiger charge is 2.18. The lowest BCUT2D eigenvalue weighted by Crippen LogP contribution is -2.23. The number of hydrogen-bond donors (Lipinski definition) is 1. The van der Waals surface area contributed by atoms with Crippen molar-refractivity contribution >= 4 is 23.4 Å². The quantitative estimate of drug-likeness (QED) is 0.809. The summed E-state index contributed by atoms with van der Waals surface area (Å²) in [5.41, 5.74) is 2.08. The lowest BCUT2D eigenvalue weighted by molar-refractivity contribution is -0.115. The first-order valence-electron chi connectivity index (χ1n) is 7.85. The Bertz CT molecular complexity index is 649. The molecular formula is C17H24N4OS. The minimum Gasteiger partial charge on any atom is -0.325 e. The molecule has 1 aromatic heterocycles. The normalized spacial score (nSPS) is 12.7. The van der Waals surface area contributed by atoms with E-state index in [9.17, 15) is 4.79 Å². The monoisotopic (exact) mass is 332 g/mol. The molecule has 2 aromatic rings. The maximum Gasteiger partial charge on any atom is 0.237 e. The zero-order valence-corrected chi connectivity index (χ0v) is 15.1. The van der Waals surface area contributed by atoms with Gasteiger partial charge in [0.25, 0.3) is 0 Å². The Morgan fingerprint density at radius 2 is 1.78 bits per heavy atom. The maximum absolute atomic E-state index is 12.3. The van der Waals surface area contributed by atoms with E-state index in [0.29, 0.717) is 5.92 Å². The van der Waals surface area contributed by atoms with Crippen LogP contribution in [0.15, 0.2) is 35.7 Å². The molecule has 1 amide bonds. The number of aromatic nitrogens is 3. The summed E-state index contributed by atoms with van der Waals surface area (Å²) in [6.07, 6.45) is 1.70. The third-order valence-electron chi connectivity index (χ3n) is 3.59. The van der Waals surface area contributed by atoms with Crippen molar-refractivity contribution in [2.24, 2.45) is 0 Å². The molecule has 0 fully saturated rings. The molecule has 0 aliphatic heterocycles. The van der Waals surface area contributed by atoms with Gasteiger partial charge in [-0.2, -0.15) is 0 Å². The Morgan fingerprint density at radius 3 is 2.35 bits per heavy atom. The lowest BCUT2D eigenvalue weighted by atomic mass is 10.0. The van der Waals surface area contributed by atoms with Crippen LogP contribution < -0.4 is 5.32 Å². The number of nitrogens with one attached hydrogen (secondary N) is 1. The zero-order chi connectivity index (χ0) is 17.0. The predicted molar refractivity (Wildman–Crippen MR) is 94.9 cm³/mol. The van der Waals surface area contributed by atoms with Gasteiger partial charge < -0.3 is 9.88 Å². The van der Waals surface area contributed by atoms with Crippen molar-refractivity contribution < 1.29 is 4.79 Å². The first kappa shape index (κ1) is 17.5. The molecule has 124 valence electrons. The molecular weight excluding hydrogens is 308 g/mol. The number of amides is 1. The highest BCUT2D eigenvalue weighted by molar-refractivity contribution is 8.00. The van der Waals surface area contributed by atoms with E-state index in [4.69, 9.17) is 0 Å². The molecule has 1 aromatic carbocycles. The number of thioether (sulfide) groups is 1. The molecule has 1 heterocycles. The number of hydrogen-bond acceptors (Lipinski definition) is 4. The number of carbonyl (C=O) groups is 1. The van der Waals surface area contributed by atoms with E-state index < -0.39 is 0 Å². The van der Waals surface area contributed by atoms with Gasteiger partial charge in [0.1, 0.15) is 6.33 Å². The van der Waals surface area contributed by atoms with Gasteiger partial charge in [-0.25, -0.2) is 0 Å². The summed E-state index contributed by atoms with van der Waals surface area (Å²) in [6.45, 7) is 10.3. The smallest absolute Gasteiger partial charge is 0.237 e. The summed E-state index contributed by atoms with van der Waals surface area (Å²) in [6, 6.07) is 8.26. The van der Waals surface area contributed by atoms with Crippen molar-refractivity contribution in [2.75, 3.05) is 5.32 Å². The zero-order valence-electron chi connectivity index (χ0n) is 14.3. The van der Waals surface area contributed by atoms with Crippen LogP contribution in [0.25, 0.3) is 0 Å². The van der Waals surface area contributed by atoms with Gasteiger partial charge in [-0.3, -0.25) is 4.79 Å². The highest BCUT2D eigenvalue weighted by atomic mass is 32.2. The molecule has 5 nitrogen and oxygen atoms in total. The molecule has 6 heteroatoms. The van der Waals surface area contributed by atoms with Crippen LogP contribution in [0.4, 0.5) is 5.69 Å². The first-order chi connectivity index (χ1) is 10.9. The Balaban J connectivity index is 1.98. The van der Waals surface area contributed by atoms with Gasteiger partial charge in [-0.05, 0) is 44.4 Å². The fraction of sp³-hybridized carbons (Fsp3) is 0.471. The number of nitrogens with zero attached hydrogens (tertiary/aromatic N) is 3. The average Bonchev–Trinajstić information content (AvgIpc) is 2.96. The number of benzene rings is 1. The summed E-state index contributed by atoms with van der Waals surface area (Å²) in [5, 5.41) is 11.5. The van der Waals surface area contributed by atoms with Gasteiger partial charge in [-0.1, -0.05) is 37.7 Å². The summed E-state index contributed by atoms with van der Waals surface area (Å²) < 4.78 is 1.96. The molecule has 23 heavy (non-hydrogen) atoms. The van der Waals surface area contributed by atoms with Crippen molar-refractivity contribution in [1.82, 2.24) is 14.8 Å². The third kappa shape index (κ3) is 4.58. The second kappa shape index (κ2) is 7.64. The Hall–Kier alpha value is -1.82. The molecule has 0 saturated carbocycles. The Morgan fingerprint density at radius 1 is 1.13 bits per heavy atom. The van der Waals surface area contributed by atoms with E-state index in [2.05, 4.69) is 43.2 Å². The van der Waals surface area contributed by atoms with Gasteiger partial charge in [0, 0.05) is 11.7 Å². The topological polar surface area (TPSA) is 59.8 Å². The Labute approximate surface area is 141 Å². The minimum atomic E-state index is -0.249. The van der Waals surface area contributed by atoms with Crippen molar-refractivity contribution in [1.29, 1.82) is 0 Å². The van der Waals surface area contributed by atoms with E-state index in [1.807, 2.05) is 35.8 Å². The average molecular weight is 332 g/mol. The lowest BCUT2D eigenvalue weighted by Gasteiger charge is -2.14. The van der Waals surface area contributed by atoms with Crippen molar-refractivity contribution in [3.63, 3.8) is 0 Å². The molecule has 0 saturated heterocycles. The number of carbonyl (C=O) groups excluding carboxylic acids is 1. The van der Waals surface area contributed by atoms with Gasteiger partial charge in [0.2, 0.25) is 5.91 Å². The SMILES string of the molecule is CC(C)c1ccc(NC(=O)[C@@H](C)Sc2nncn2C(C)C)cc1. The number of rotatable bonds is 6. The molecule has 0 aliphatic carbocycles. The maximum atomic E-state index is 12.3. The van der Waals surface area contributed by atoms with Crippen LogP contribution in [-0.2, 0) is 4.79 Å². The van der Waals surface area contributed by atoms with Crippen LogP contribution in [0, 0.1) is 0 Å². The van der Waals surface area contributed by atoms with Crippen LogP contribution in [0.2, 0.25) is 0 Å². The van der Waals surface area contributed by atoms with Crippen LogP contribution in [0.5, 0.6) is 0 Å². The van der Waals surface area contributed by atoms with Gasteiger partial charge in [0.05, 0.1) is 5.25 Å². The van der Waals surface area contributed by atoms with E-state index in [0.717, 1.165) is 10.8 Å². The van der Waals surface area contributed by atoms with Crippen molar-refractivity contribution in [2.45, 2.75) is 57.0 Å². The third-order valence-corrected chi connectivity index (χ3v) is 4.66. The van der Waals surface area contributed by atoms with Gasteiger partial charge in [-0.15, -0.1) is 10.2 Å². The standard InChI is InChI=1S/C17H24N4OS/c1-11(2)14-6-8-15(9-7-14)19-16(22)13(5)23-17-20-18-10-21(17)12(3)4/h6-13H,1-5H3,(H,19,22)/t13-/m1/s1. The molecule has 0 unspecified atom stereocenters. The first-order valence-corrected chi connectivity index (χ1v) is 8.73. The summed E-state index contributed by atoms with van der Waals surface area (Å²) >= 11 is 1.42. The van der Waals surface area contributed by atoms with Crippen LogP contribution in [-0.4, -0.2) is 25.9 Å². The summed E-state index contributed by atoms with van der Waals surface area (Å²) in [7, 11) is 0. The Kier molecular flexibility index (Phi) is 5.82. The van der Waals surface area contributed by atoms with Crippen LogP contribution in [0.3, 0.4) is 0 Å². The van der Waals surface area contributed by atoms with Crippen molar-refractivity contribution in [3.8, 4) is 0 Å². The summed E-state index contributed by atoms with van der Waals surface area (Å²) in [5.74, 6) is 0.447. The fourth-order valence-electron chi connectivity index (χ4n) is 2.08. The van der Waals surface area contributed by atoms with E-state index in [1.54, 1.807) is 6.33 Å². The van der Waals surface area contributed by atoms with Gasteiger partial charge >= 0.3 is 0 Å². The summed E-state index contributed by atoms with van der Waals surface area (Å²) in [4.78, 5) is 12.3. The molecule has 0 aliphatic rings. The minimum absolute atomic E-state index is 0.0365. The van der Waals surface area contributed by atoms with E-state index in [-0.39, 0.29) is 17.2 Å².